The van der Waals surface area contributed by atoms with Crippen molar-refractivity contribution in [3.63, 3.8) is 0 Å². The molecule has 0 aliphatic rings. The summed E-state index contributed by atoms with van der Waals surface area (Å²) >= 11 is 0. The van der Waals surface area contributed by atoms with Gasteiger partial charge in [-0.15, -0.1) is 0 Å². The Balaban J connectivity index is 1.76. The number of rotatable bonds is 15. The van der Waals surface area contributed by atoms with Gasteiger partial charge in [-0.05, 0) is 69.0 Å². The first kappa shape index (κ1) is 38.1. The molecular formula is C38H43F4N3O5. The fraction of sp³-hybridized carbons (Fsp3) is 0.395. The van der Waals surface area contributed by atoms with Gasteiger partial charge >= 0.3 is 17.8 Å². The zero-order valence-corrected chi connectivity index (χ0v) is 28.9. The van der Waals surface area contributed by atoms with Crippen LogP contribution < -0.4 is 21.3 Å². The molecule has 1 heterocycles. The van der Waals surface area contributed by atoms with Gasteiger partial charge in [0.05, 0.1) is 30.9 Å². The molecule has 0 aliphatic carbocycles. The predicted molar refractivity (Wildman–Crippen MR) is 184 cm³/mol. The first-order valence-electron chi connectivity index (χ1n) is 16.6. The lowest BCUT2D eigenvalue weighted by Gasteiger charge is -2.23. The summed E-state index contributed by atoms with van der Waals surface area (Å²) in [5.41, 5.74) is -0.913. The lowest BCUT2D eigenvalue weighted by atomic mass is 9.97. The van der Waals surface area contributed by atoms with Gasteiger partial charge < -0.3 is 14.8 Å². The molecule has 0 amide bonds. The lowest BCUT2D eigenvalue weighted by Crippen LogP contribution is -2.43. The van der Waals surface area contributed by atoms with Crippen LogP contribution in [0.5, 0.6) is 5.75 Å². The minimum absolute atomic E-state index is 0.110. The van der Waals surface area contributed by atoms with Crippen molar-refractivity contribution < 1.29 is 31.8 Å². The molecule has 0 spiro atoms. The second kappa shape index (κ2) is 16.8. The van der Waals surface area contributed by atoms with Crippen LogP contribution >= 0.6 is 0 Å². The Labute approximate surface area is 288 Å². The molecule has 0 unspecified atom stereocenters. The lowest BCUT2D eigenvalue weighted by molar-refractivity contribution is -0.143. The van der Waals surface area contributed by atoms with Gasteiger partial charge in [-0.25, -0.2) is 9.18 Å². The zero-order chi connectivity index (χ0) is 36.6. The average molecular weight is 698 g/mol. The molecule has 0 saturated heterocycles. The Kier molecular flexibility index (Phi) is 12.8. The molecule has 50 heavy (non-hydrogen) atoms. The van der Waals surface area contributed by atoms with Crippen LogP contribution in [0.15, 0.2) is 76.3 Å². The number of hydrogen-bond donors (Lipinski definition) is 1. The van der Waals surface area contributed by atoms with Crippen molar-refractivity contribution in [1.82, 2.24) is 14.5 Å². The van der Waals surface area contributed by atoms with Crippen molar-refractivity contribution in [2.75, 3.05) is 20.3 Å². The summed E-state index contributed by atoms with van der Waals surface area (Å²) in [4.78, 5) is 40.0. The number of carbonyl (C=O) groups is 1. The number of benzene rings is 3. The maximum Gasteiger partial charge on any atom is 0.416 e. The van der Waals surface area contributed by atoms with Crippen LogP contribution in [0, 0.1) is 12.7 Å². The van der Waals surface area contributed by atoms with Gasteiger partial charge in [0.2, 0.25) is 0 Å². The molecule has 1 N–H and O–H groups in total. The highest BCUT2D eigenvalue weighted by molar-refractivity contribution is 5.69. The van der Waals surface area contributed by atoms with Gasteiger partial charge in [-0.1, -0.05) is 62.4 Å². The number of esters is 1. The van der Waals surface area contributed by atoms with Crippen molar-refractivity contribution in [1.29, 1.82) is 0 Å². The second-order valence-electron chi connectivity index (χ2n) is 12.3. The maximum absolute atomic E-state index is 15.1. The Morgan fingerprint density at radius 1 is 0.980 bits per heavy atom. The van der Waals surface area contributed by atoms with Crippen molar-refractivity contribution in [2.24, 2.45) is 0 Å². The van der Waals surface area contributed by atoms with E-state index in [4.69, 9.17) is 9.47 Å². The number of para-hydroxylation sites is 1. The standard InChI is InChI=1S/C38H43F4N3O5/c1-6-49-34(46)18-11-21-50-33-17-8-7-14-28(33)32(43-5)19-20-44-36(47)35(27-13-9-12-26(22-27)24(2)3)25(4)45(37(44)48)23-29-30(38(40,41)42)15-10-16-31(29)39/h7-10,12-17,22,24,32,43H,6,11,18-21,23H2,1-5H3/t32-/m0/s1. The molecule has 4 rings (SSSR count). The monoisotopic (exact) mass is 697 g/mol. The zero-order valence-electron chi connectivity index (χ0n) is 28.9. The third kappa shape index (κ3) is 8.90. The van der Waals surface area contributed by atoms with E-state index >= 15 is 4.39 Å². The van der Waals surface area contributed by atoms with Gasteiger partial charge in [-0.3, -0.25) is 18.7 Å². The molecule has 1 atom stereocenters. The van der Waals surface area contributed by atoms with E-state index in [1.807, 2.05) is 38.1 Å². The van der Waals surface area contributed by atoms with Crippen LogP contribution in [0.2, 0.25) is 0 Å². The molecule has 0 bridgehead atoms. The van der Waals surface area contributed by atoms with E-state index in [1.165, 1.54) is 6.92 Å². The van der Waals surface area contributed by atoms with Gasteiger partial charge in [0.25, 0.3) is 5.56 Å². The minimum atomic E-state index is -4.87. The average Bonchev–Trinajstić information content (AvgIpc) is 3.07. The first-order valence-corrected chi connectivity index (χ1v) is 16.6. The fourth-order valence-corrected chi connectivity index (χ4v) is 5.96. The summed E-state index contributed by atoms with van der Waals surface area (Å²) in [6.45, 7) is 6.91. The SMILES string of the molecule is CCOC(=O)CCCOc1ccccc1[C@H](CCn1c(=O)c(-c2cccc(C(C)C)c2)c(C)n(Cc2c(F)cccc2C(F)(F)F)c1=O)NC. The van der Waals surface area contributed by atoms with Crippen LogP contribution in [0.4, 0.5) is 17.6 Å². The van der Waals surface area contributed by atoms with E-state index < -0.39 is 47.0 Å². The molecule has 0 aliphatic heterocycles. The normalized spacial score (nSPS) is 12.3. The highest BCUT2D eigenvalue weighted by Gasteiger charge is 2.35. The number of carbonyl (C=O) groups excluding carboxylic acids is 1. The molecule has 0 saturated carbocycles. The smallest absolute Gasteiger partial charge is 0.416 e. The van der Waals surface area contributed by atoms with Crippen molar-refractivity contribution in [2.45, 2.75) is 78.2 Å². The van der Waals surface area contributed by atoms with E-state index in [-0.39, 0.29) is 49.1 Å². The quantitative estimate of drug-likeness (QED) is 0.0792. The Morgan fingerprint density at radius 3 is 2.38 bits per heavy atom. The number of halogens is 4. The number of aromatic nitrogens is 2. The Hall–Kier alpha value is -4.71. The molecule has 4 aromatic rings. The number of ether oxygens (including phenoxy) is 2. The van der Waals surface area contributed by atoms with Crippen molar-refractivity contribution in [3.05, 3.63) is 121 Å². The summed E-state index contributed by atoms with van der Waals surface area (Å²) in [5.74, 6) is -0.761. The molecule has 0 fully saturated rings. The van der Waals surface area contributed by atoms with Gasteiger partial charge in [0, 0.05) is 35.8 Å². The minimum Gasteiger partial charge on any atom is -0.493 e. The number of alkyl halides is 3. The summed E-state index contributed by atoms with van der Waals surface area (Å²) in [6.07, 6.45) is -4.01. The van der Waals surface area contributed by atoms with E-state index in [0.717, 1.165) is 38.5 Å². The second-order valence-corrected chi connectivity index (χ2v) is 12.3. The third-order valence-corrected chi connectivity index (χ3v) is 8.64. The summed E-state index contributed by atoms with van der Waals surface area (Å²) < 4.78 is 70.1. The van der Waals surface area contributed by atoms with E-state index in [0.29, 0.717) is 24.3 Å². The fourth-order valence-electron chi connectivity index (χ4n) is 5.96. The van der Waals surface area contributed by atoms with Gasteiger partial charge in [0.15, 0.2) is 0 Å². The third-order valence-electron chi connectivity index (χ3n) is 8.64. The van der Waals surface area contributed by atoms with Gasteiger partial charge in [0.1, 0.15) is 11.6 Å². The molecule has 12 heteroatoms. The van der Waals surface area contributed by atoms with Crippen molar-refractivity contribution in [3.8, 4) is 16.9 Å². The number of hydrogen-bond acceptors (Lipinski definition) is 6. The highest BCUT2D eigenvalue weighted by atomic mass is 19.4. The van der Waals surface area contributed by atoms with Crippen LogP contribution in [-0.4, -0.2) is 35.4 Å². The van der Waals surface area contributed by atoms with Crippen LogP contribution in [-0.2, 0) is 28.8 Å². The molecular weight excluding hydrogens is 654 g/mol. The largest absolute Gasteiger partial charge is 0.493 e. The van der Waals surface area contributed by atoms with Gasteiger partial charge in [-0.2, -0.15) is 13.2 Å². The van der Waals surface area contributed by atoms with Crippen LogP contribution in [0.3, 0.4) is 0 Å². The summed E-state index contributed by atoms with van der Waals surface area (Å²) in [5, 5.41) is 3.20. The molecule has 1 aromatic heterocycles. The molecule has 3 aromatic carbocycles. The Morgan fingerprint density at radius 2 is 1.70 bits per heavy atom. The number of nitrogens with one attached hydrogen (secondary N) is 1. The Bertz CT molecular complexity index is 1920. The van der Waals surface area contributed by atoms with E-state index in [2.05, 4.69) is 5.32 Å². The predicted octanol–water partition coefficient (Wildman–Crippen LogP) is 7.39. The first-order chi connectivity index (χ1) is 23.8. The van der Waals surface area contributed by atoms with Crippen molar-refractivity contribution >= 4 is 5.97 Å². The molecule has 0 radical (unpaired) electrons. The maximum atomic E-state index is 15.1. The highest BCUT2D eigenvalue weighted by Crippen LogP contribution is 2.34. The van der Waals surface area contributed by atoms with Crippen LogP contribution in [0.1, 0.15) is 79.9 Å². The number of nitrogens with zero attached hydrogens (tertiary/aromatic N) is 2. The summed E-state index contributed by atoms with van der Waals surface area (Å²) in [6, 6.07) is 16.7. The van der Waals surface area contributed by atoms with Crippen LogP contribution in [0.25, 0.3) is 11.1 Å². The topological polar surface area (TPSA) is 91.6 Å². The molecule has 268 valence electrons. The van der Waals surface area contributed by atoms with E-state index in [1.54, 1.807) is 38.2 Å². The summed E-state index contributed by atoms with van der Waals surface area (Å²) in [7, 11) is 1.72. The molecule has 8 nitrogen and oxygen atoms in total. The van der Waals surface area contributed by atoms with E-state index in [9.17, 15) is 27.6 Å².